The van der Waals surface area contributed by atoms with E-state index in [1.165, 1.54) is 42.5 Å². The van der Waals surface area contributed by atoms with Gasteiger partial charge in [-0.05, 0) is 55.3 Å². The van der Waals surface area contributed by atoms with E-state index < -0.39 is 5.82 Å². The van der Waals surface area contributed by atoms with Crippen molar-refractivity contribution in [1.82, 2.24) is 9.88 Å². The molecule has 1 atom stereocenters. The number of nitrogens with one attached hydrogen (secondary N) is 2. The van der Waals surface area contributed by atoms with Gasteiger partial charge in [-0.25, -0.2) is 9.37 Å². The molecule has 9 heteroatoms. The SMILES string of the molecule is CC(=O)Nc1ccc2nc(NC(=O)[C@H]3CCCN(C(=O)c4ccc(F)cc4)C3)sc2c1. The summed E-state index contributed by atoms with van der Waals surface area (Å²) in [6, 6.07) is 10.8. The number of fused-ring (bicyclic) bond motifs is 1. The lowest BCUT2D eigenvalue weighted by Gasteiger charge is -2.32. The monoisotopic (exact) mass is 440 g/mol. The zero-order valence-electron chi connectivity index (χ0n) is 16.9. The Kier molecular flexibility index (Phi) is 5.94. The third-order valence-electron chi connectivity index (χ3n) is 5.11. The molecule has 2 heterocycles. The smallest absolute Gasteiger partial charge is 0.253 e. The molecule has 0 radical (unpaired) electrons. The molecule has 1 fully saturated rings. The van der Waals surface area contributed by atoms with Crippen molar-refractivity contribution in [3.63, 3.8) is 0 Å². The third-order valence-corrected chi connectivity index (χ3v) is 6.04. The molecule has 1 aromatic heterocycles. The number of benzene rings is 2. The zero-order chi connectivity index (χ0) is 22.0. The van der Waals surface area contributed by atoms with Crippen molar-refractivity contribution in [2.45, 2.75) is 19.8 Å². The van der Waals surface area contributed by atoms with Crippen LogP contribution in [-0.2, 0) is 9.59 Å². The Bertz CT molecular complexity index is 1150. The van der Waals surface area contributed by atoms with Gasteiger partial charge in [0.25, 0.3) is 5.91 Å². The molecule has 1 aliphatic rings. The molecule has 3 aromatic rings. The van der Waals surface area contributed by atoms with Crippen LogP contribution in [0.5, 0.6) is 0 Å². The van der Waals surface area contributed by atoms with Gasteiger partial charge in [-0.1, -0.05) is 11.3 Å². The fourth-order valence-electron chi connectivity index (χ4n) is 3.62. The van der Waals surface area contributed by atoms with E-state index in [2.05, 4.69) is 15.6 Å². The van der Waals surface area contributed by atoms with Crippen LogP contribution in [0.15, 0.2) is 42.5 Å². The Labute approximate surface area is 182 Å². The van der Waals surface area contributed by atoms with Crippen molar-refractivity contribution in [3.05, 3.63) is 53.8 Å². The van der Waals surface area contributed by atoms with Crippen molar-refractivity contribution in [1.29, 1.82) is 0 Å². The van der Waals surface area contributed by atoms with Gasteiger partial charge >= 0.3 is 0 Å². The third kappa shape index (κ3) is 4.88. The second kappa shape index (κ2) is 8.81. The summed E-state index contributed by atoms with van der Waals surface area (Å²) in [5, 5.41) is 6.06. The van der Waals surface area contributed by atoms with E-state index >= 15 is 0 Å². The molecule has 0 saturated carbocycles. The van der Waals surface area contributed by atoms with E-state index in [1.807, 2.05) is 6.07 Å². The molecule has 0 unspecified atom stereocenters. The normalized spacial score (nSPS) is 16.2. The standard InChI is InChI=1S/C22H21FN4O3S/c1-13(28)24-17-8-9-18-19(11-17)31-22(25-18)26-20(29)15-3-2-10-27(12-15)21(30)14-4-6-16(23)7-5-14/h4-9,11,15H,2-3,10,12H2,1H3,(H,24,28)(H,25,26,29)/t15-/m0/s1. The summed E-state index contributed by atoms with van der Waals surface area (Å²) < 4.78 is 14.0. The predicted octanol–water partition coefficient (Wildman–Crippen LogP) is 3.88. The number of halogens is 1. The summed E-state index contributed by atoms with van der Waals surface area (Å²) in [6.45, 7) is 2.31. The minimum absolute atomic E-state index is 0.158. The average Bonchev–Trinajstić information content (AvgIpc) is 3.15. The number of piperidine rings is 1. The second-order valence-electron chi connectivity index (χ2n) is 7.47. The lowest BCUT2D eigenvalue weighted by atomic mass is 9.96. The molecule has 0 bridgehead atoms. The van der Waals surface area contributed by atoms with Crippen molar-refractivity contribution in [2.75, 3.05) is 23.7 Å². The highest BCUT2D eigenvalue weighted by atomic mass is 32.1. The lowest BCUT2D eigenvalue weighted by molar-refractivity contribution is -0.121. The van der Waals surface area contributed by atoms with Gasteiger partial charge in [0, 0.05) is 31.3 Å². The van der Waals surface area contributed by atoms with E-state index in [4.69, 9.17) is 0 Å². The number of aromatic nitrogens is 1. The van der Waals surface area contributed by atoms with Crippen LogP contribution in [0.1, 0.15) is 30.1 Å². The van der Waals surface area contributed by atoms with E-state index in [0.717, 1.165) is 10.2 Å². The highest BCUT2D eigenvalue weighted by molar-refractivity contribution is 7.22. The Morgan fingerprint density at radius 1 is 1.13 bits per heavy atom. The van der Waals surface area contributed by atoms with Crippen LogP contribution in [0.25, 0.3) is 10.2 Å². The highest BCUT2D eigenvalue weighted by Crippen LogP contribution is 2.29. The maximum Gasteiger partial charge on any atom is 0.253 e. The van der Waals surface area contributed by atoms with Gasteiger partial charge in [0.1, 0.15) is 5.82 Å². The average molecular weight is 441 g/mol. The Morgan fingerprint density at radius 3 is 2.65 bits per heavy atom. The van der Waals surface area contributed by atoms with Crippen LogP contribution in [0.4, 0.5) is 15.2 Å². The number of amides is 3. The Balaban J connectivity index is 1.42. The Hall–Kier alpha value is -3.33. The van der Waals surface area contributed by atoms with Crippen LogP contribution in [0.3, 0.4) is 0 Å². The number of carbonyl (C=O) groups is 3. The molecule has 31 heavy (non-hydrogen) atoms. The fraction of sp³-hybridized carbons (Fsp3) is 0.273. The molecule has 3 amide bonds. The number of likely N-dealkylation sites (tertiary alicyclic amines) is 1. The van der Waals surface area contributed by atoms with Gasteiger partial charge in [0.2, 0.25) is 11.8 Å². The number of hydrogen-bond donors (Lipinski definition) is 2. The zero-order valence-corrected chi connectivity index (χ0v) is 17.7. The van der Waals surface area contributed by atoms with Gasteiger partial charge in [0.05, 0.1) is 16.1 Å². The molecule has 0 aliphatic carbocycles. The summed E-state index contributed by atoms with van der Waals surface area (Å²) >= 11 is 1.33. The molecule has 1 saturated heterocycles. The first-order chi connectivity index (χ1) is 14.9. The van der Waals surface area contributed by atoms with E-state index in [9.17, 15) is 18.8 Å². The largest absolute Gasteiger partial charge is 0.338 e. The molecular formula is C22H21FN4O3S. The van der Waals surface area contributed by atoms with Crippen LogP contribution in [-0.4, -0.2) is 40.7 Å². The fourth-order valence-corrected chi connectivity index (χ4v) is 4.53. The summed E-state index contributed by atoms with van der Waals surface area (Å²) in [4.78, 5) is 42.8. The minimum Gasteiger partial charge on any atom is -0.338 e. The molecular weight excluding hydrogens is 419 g/mol. The maximum atomic E-state index is 13.1. The predicted molar refractivity (Wildman–Crippen MR) is 118 cm³/mol. The van der Waals surface area contributed by atoms with Crippen LogP contribution in [0, 0.1) is 11.7 Å². The van der Waals surface area contributed by atoms with E-state index in [0.29, 0.717) is 42.3 Å². The molecule has 4 rings (SSSR count). The van der Waals surface area contributed by atoms with Gasteiger partial charge in [-0.15, -0.1) is 0 Å². The van der Waals surface area contributed by atoms with Gasteiger partial charge in [-0.3, -0.25) is 14.4 Å². The number of rotatable bonds is 4. The topological polar surface area (TPSA) is 91.4 Å². The van der Waals surface area contributed by atoms with Crippen molar-refractivity contribution >= 4 is 50.1 Å². The Morgan fingerprint density at radius 2 is 1.90 bits per heavy atom. The van der Waals surface area contributed by atoms with Crippen LogP contribution >= 0.6 is 11.3 Å². The lowest BCUT2D eigenvalue weighted by Crippen LogP contribution is -2.43. The molecule has 7 nitrogen and oxygen atoms in total. The molecule has 160 valence electrons. The van der Waals surface area contributed by atoms with Crippen LogP contribution in [0.2, 0.25) is 0 Å². The van der Waals surface area contributed by atoms with E-state index in [-0.39, 0.29) is 23.6 Å². The van der Waals surface area contributed by atoms with Crippen molar-refractivity contribution < 1.29 is 18.8 Å². The molecule has 1 aliphatic heterocycles. The molecule has 2 aromatic carbocycles. The first kappa shape index (κ1) is 20.9. The molecule has 0 spiro atoms. The van der Waals surface area contributed by atoms with E-state index in [1.54, 1.807) is 17.0 Å². The first-order valence-corrected chi connectivity index (χ1v) is 10.7. The number of anilines is 2. The van der Waals surface area contributed by atoms with Crippen molar-refractivity contribution in [2.24, 2.45) is 5.92 Å². The van der Waals surface area contributed by atoms with Crippen LogP contribution < -0.4 is 10.6 Å². The second-order valence-corrected chi connectivity index (χ2v) is 8.50. The maximum absolute atomic E-state index is 13.1. The molecule has 2 N–H and O–H groups in total. The summed E-state index contributed by atoms with van der Waals surface area (Å²) in [5.74, 6) is -1.29. The van der Waals surface area contributed by atoms with Crippen molar-refractivity contribution in [3.8, 4) is 0 Å². The van der Waals surface area contributed by atoms with Gasteiger partial charge < -0.3 is 15.5 Å². The minimum atomic E-state index is -0.396. The first-order valence-electron chi connectivity index (χ1n) is 9.93. The summed E-state index contributed by atoms with van der Waals surface area (Å²) in [6.07, 6.45) is 1.39. The van der Waals surface area contributed by atoms with Gasteiger partial charge in [0.15, 0.2) is 5.13 Å². The summed E-state index contributed by atoms with van der Waals surface area (Å²) in [5.41, 5.74) is 1.80. The summed E-state index contributed by atoms with van der Waals surface area (Å²) in [7, 11) is 0. The number of hydrogen-bond acceptors (Lipinski definition) is 5. The number of thiazole rings is 1. The van der Waals surface area contributed by atoms with Gasteiger partial charge in [-0.2, -0.15) is 0 Å². The quantitative estimate of drug-likeness (QED) is 0.644. The number of nitrogens with zero attached hydrogens (tertiary/aromatic N) is 2. The highest BCUT2D eigenvalue weighted by Gasteiger charge is 2.29. The number of carbonyl (C=O) groups excluding carboxylic acids is 3.